The number of ketones is 1. The number of halogens is 1. The molecule has 1 unspecified atom stereocenters. The Labute approximate surface area is 176 Å². The molecule has 2 atom stereocenters. The Kier molecular flexibility index (Phi) is 8.50. The second-order valence-corrected chi connectivity index (χ2v) is 8.59. The van der Waals surface area contributed by atoms with Gasteiger partial charge in [0.2, 0.25) is 0 Å². The van der Waals surface area contributed by atoms with E-state index in [1.807, 2.05) is 13.8 Å². The monoisotopic (exact) mass is 419 g/mol. The molecule has 2 aromatic rings. The van der Waals surface area contributed by atoms with Crippen LogP contribution >= 0.6 is 11.3 Å². The summed E-state index contributed by atoms with van der Waals surface area (Å²) >= 11 is 1.41. The summed E-state index contributed by atoms with van der Waals surface area (Å²) in [5.41, 5.74) is 1.13. The van der Waals surface area contributed by atoms with Gasteiger partial charge in [0, 0.05) is 16.4 Å². The fourth-order valence-corrected chi connectivity index (χ4v) is 4.51. The van der Waals surface area contributed by atoms with Gasteiger partial charge in [-0.15, -0.1) is 11.3 Å². The van der Waals surface area contributed by atoms with Crippen molar-refractivity contribution in [1.29, 1.82) is 0 Å². The van der Waals surface area contributed by atoms with Crippen LogP contribution in [0.25, 0.3) is 10.6 Å². The molecule has 158 valence electrons. The number of benzene rings is 1. The van der Waals surface area contributed by atoms with Crippen LogP contribution in [0.4, 0.5) is 4.39 Å². The van der Waals surface area contributed by atoms with Crippen molar-refractivity contribution in [2.75, 3.05) is 6.61 Å². The molecule has 6 heteroatoms. The van der Waals surface area contributed by atoms with Crippen LogP contribution in [-0.4, -0.2) is 23.7 Å². The first kappa shape index (κ1) is 23.2. The molecular formula is C23H30FNO3S. The molecule has 0 N–H and O–H groups in total. The summed E-state index contributed by atoms with van der Waals surface area (Å²) < 4.78 is 19.5. The predicted octanol–water partition coefficient (Wildman–Crippen LogP) is 5.83. The van der Waals surface area contributed by atoms with Crippen LogP contribution in [-0.2, 0) is 16.0 Å². The Bertz CT molecular complexity index is 847. The Hall–Kier alpha value is -2.08. The number of aromatic nitrogens is 1. The normalized spacial score (nSPS) is 13.3. The summed E-state index contributed by atoms with van der Waals surface area (Å²) in [6.45, 7) is 10.3. The van der Waals surface area contributed by atoms with Gasteiger partial charge < -0.3 is 9.53 Å². The molecule has 1 aromatic carbocycles. The second-order valence-electron chi connectivity index (χ2n) is 7.51. The third-order valence-corrected chi connectivity index (χ3v) is 6.18. The van der Waals surface area contributed by atoms with E-state index in [0.29, 0.717) is 47.9 Å². The highest BCUT2D eigenvalue weighted by atomic mass is 32.1. The first-order valence-electron chi connectivity index (χ1n) is 10.3. The van der Waals surface area contributed by atoms with Crippen molar-refractivity contribution in [2.24, 2.45) is 11.8 Å². The fraction of sp³-hybridized carbons (Fsp3) is 0.522. The third-order valence-electron chi connectivity index (χ3n) is 4.92. The van der Waals surface area contributed by atoms with Crippen LogP contribution in [0.15, 0.2) is 18.2 Å². The first-order valence-corrected chi connectivity index (χ1v) is 11.1. The first-order chi connectivity index (χ1) is 13.9. The minimum atomic E-state index is -0.869. The van der Waals surface area contributed by atoms with Crippen molar-refractivity contribution in [3.8, 4) is 16.3 Å². The topological polar surface area (TPSA) is 56.3 Å². The molecule has 1 aromatic heterocycles. The number of hydrogen-bond donors (Lipinski definition) is 0. The van der Waals surface area contributed by atoms with E-state index in [2.05, 4.69) is 18.8 Å². The van der Waals surface area contributed by atoms with Crippen molar-refractivity contribution in [2.45, 2.75) is 59.8 Å². The average molecular weight is 420 g/mol. The van der Waals surface area contributed by atoms with Crippen molar-refractivity contribution in [1.82, 2.24) is 4.98 Å². The molecule has 1 heterocycles. The SMILES string of the molecule is CCOc1ccc(-c2nc(C(C=O)C(=O)[C@H](CC)CC(C)C)c(CC)s2)cc1F. The van der Waals surface area contributed by atoms with E-state index in [1.165, 1.54) is 17.4 Å². The largest absolute Gasteiger partial charge is 0.491 e. The number of nitrogens with zero attached hydrogens (tertiary/aromatic N) is 1. The molecule has 0 saturated heterocycles. The van der Waals surface area contributed by atoms with Gasteiger partial charge in [0.25, 0.3) is 0 Å². The molecule has 4 nitrogen and oxygen atoms in total. The zero-order valence-corrected chi connectivity index (χ0v) is 18.6. The molecule has 2 rings (SSSR count). The van der Waals surface area contributed by atoms with Gasteiger partial charge in [-0.05, 0) is 50.3 Å². The summed E-state index contributed by atoms with van der Waals surface area (Å²) in [5.74, 6) is -0.983. The zero-order valence-electron chi connectivity index (χ0n) is 17.8. The molecule has 0 aliphatic heterocycles. The number of aldehydes is 1. The smallest absolute Gasteiger partial charge is 0.165 e. The Morgan fingerprint density at radius 3 is 2.52 bits per heavy atom. The van der Waals surface area contributed by atoms with Gasteiger partial charge in [-0.1, -0.05) is 27.7 Å². The highest BCUT2D eigenvalue weighted by Crippen LogP contribution is 2.35. The molecule has 0 bridgehead atoms. The van der Waals surface area contributed by atoms with Crippen LogP contribution in [0.2, 0.25) is 0 Å². The minimum Gasteiger partial charge on any atom is -0.491 e. The Morgan fingerprint density at radius 2 is 2.00 bits per heavy atom. The zero-order chi connectivity index (χ0) is 21.6. The average Bonchev–Trinajstić information content (AvgIpc) is 3.12. The van der Waals surface area contributed by atoms with E-state index in [1.54, 1.807) is 19.1 Å². The van der Waals surface area contributed by atoms with E-state index in [0.717, 1.165) is 11.3 Å². The lowest BCUT2D eigenvalue weighted by Gasteiger charge is -2.19. The molecular weight excluding hydrogens is 389 g/mol. The molecule has 0 fully saturated rings. The number of rotatable bonds is 11. The summed E-state index contributed by atoms with van der Waals surface area (Å²) in [5, 5.41) is 0.607. The number of ether oxygens (including phenoxy) is 1. The number of hydrogen-bond acceptors (Lipinski definition) is 5. The molecule has 0 saturated carbocycles. The van der Waals surface area contributed by atoms with E-state index >= 15 is 0 Å². The van der Waals surface area contributed by atoms with Gasteiger partial charge in [0.15, 0.2) is 17.3 Å². The molecule has 0 radical (unpaired) electrons. The number of aryl methyl sites for hydroxylation is 1. The molecule has 0 aliphatic carbocycles. The maximum Gasteiger partial charge on any atom is 0.165 e. The maximum atomic E-state index is 14.3. The van der Waals surface area contributed by atoms with Gasteiger partial charge in [-0.3, -0.25) is 4.79 Å². The number of carbonyl (C=O) groups is 2. The quantitative estimate of drug-likeness (QED) is 0.339. The van der Waals surface area contributed by atoms with Crippen molar-refractivity contribution in [3.05, 3.63) is 34.6 Å². The van der Waals surface area contributed by atoms with Crippen LogP contribution < -0.4 is 4.74 Å². The Morgan fingerprint density at radius 1 is 1.28 bits per heavy atom. The van der Waals surface area contributed by atoms with Gasteiger partial charge in [-0.25, -0.2) is 9.37 Å². The molecule has 29 heavy (non-hydrogen) atoms. The summed E-state index contributed by atoms with van der Waals surface area (Å²) in [6, 6.07) is 4.72. The standard InChI is InChI=1S/C23H30FNO3S/c1-6-15(11-14(4)5)22(27)17(13-26)21-20(7-2)29-23(25-21)16-9-10-19(28-8-3)18(24)12-16/h9-10,12-15,17H,6-8,11H2,1-5H3/t15-,17?/m1/s1. The van der Waals surface area contributed by atoms with Crippen molar-refractivity contribution >= 4 is 23.4 Å². The second kappa shape index (κ2) is 10.6. The highest BCUT2D eigenvalue weighted by molar-refractivity contribution is 7.15. The van der Waals surface area contributed by atoms with E-state index in [9.17, 15) is 14.0 Å². The molecule has 0 spiro atoms. The fourth-order valence-electron chi connectivity index (χ4n) is 3.46. The van der Waals surface area contributed by atoms with Crippen LogP contribution in [0.5, 0.6) is 5.75 Å². The lowest BCUT2D eigenvalue weighted by molar-refractivity contribution is -0.128. The van der Waals surface area contributed by atoms with Crippen molar-refractivity contribution in [3.63, 3.8) is 0 Å². The summed E-state index contributed by atoms with van der Waals surface area (Å²) in [4.78, 5) is 30.5. The highest BCUT2D eigenvalue weighted by Gasteiger charge is 2.31. The van der Waals surface area contributed by atoms with Gasteiger partial charge in [0.05, 0.1) is 12.3 Å². The minimum absolute atomic E-state index is 0.0689. The van der Waals surface area contributed by atoms with Gasteiger partial charge in [0.1, 0.15) is 17.2 Å². The lowest BCUT2D eigenvalue weighted by Crippen LogP contribution is -2.25. The molecule has 0 aliphatic rings. The predicted molar refractivity (Wildman–Crippen MR) is 115 cm³/mol. The van der Waals surface area contributed by atoms with Crippen molar-refractivity contribution < 1.29 is 18.7 Å². The summed E-state index contributed by atoms with van der Waals surface area (Å²) in [6.07, 6.45) is 2.82. The lowest BCUT2D eigenvalue weighted by atomic mass is 9.84. The van der Waals surface area contributed by atoms with Crippen LogP contribution in [0, 0.1) is 17.7 Å². The number of Topliss-reactive ketones (excluding diaryl/α,β-unsaturated/α-hetero) is 1. The van der Waals surface area contributed by atoms with Gasteiger partial charge >= 0.3 is 0 Å². The maximum absolute atomic E-state index is 14.3. The molecule has 0 amide bonds. The van der Waals surface area contributed by atoms with E-state index < -0.39 is 11.7 Å². The third kappa shape index (κ3) is 5.50. The number of carbonyl (C=O) groups excluding carboxylic acids is 2. The van der Waals surface area contributed by atoms with E-state index in [-0.39, 0.29) is 17.5 Å². The van der Waals surface area contributed by atoms with Gasteiger partial charge in [-0.2, -0.15) is 0 Å². The van der Waals surface area contributed by atoms with Crippen LogP contribution in [0.1, 0.15) is 63.9 Å². The van der Waals surface area contributed by atoms with Crippen LogP contribution in [0.3, 0.4) is 0 Å². The summed E-state index contributed by atoms with van der Waals surface area (Å²) in [7, 11) is 0. The number of thiazole rings is 1. The van der Waals surface area contributed by atoms with E-state index in [4.69, 9.17) is 4.74 Å². The Balaban J connectivity index is 2.40.